The van der Waals surface area contributed by atoms with Crippen molar-refractivity contribution in [1.29, 1.82) is 0 Å². The molecule has 20 heavy (non-hydrogen) atoms. The van der Waals surface area contributed by atoms with E-state index in [4.69, 9.17) is 21.1 Å². The quantitative estimate of drug-likeness (QED) is 0.423. The Morgan fingerprint density at radius 1 is 1.45 bits per heavy atom. The Labute approximate surface area is 124 Å². The maximum atomic E-state index is 12.2. The van der Waals surface area contributed by atoms with Gasteiger partial charge >= 0.3 is 6.09 Å². The molecule has 0 bridgehead atoms. The van der Waals surface area contributed by atoms with E-state index in [9.17, 15) is 9.59 Å². The van der Waals surface area contributed by atoms with E-state index in [-0.39, 0.29) is 18.3 Å². The molecule has 5 nitrogen and oxygen atoms in total. The highest BCUT2D eigenvalue weighted by Crippen LogP contribution is 2.29. The molecule has 1 aliphatic heterocycles. The lowest BCUT2D eigenvalue weighted by molar-refractivity contribution is -0.111. The maximum absolute atomic E-state index is 12.2. The van der Waals surface area contributed by atoms with Crippen molar-refractivity contribution in [1.82, 2.24) is 4.90 Å². The number of hydrogen-bond donors (Lipinski definition) is 0. The molecule has 0 spiro atoms. The van der Waals surface area contributed by atoms with Gasteiger partial charge in [-0.15, -0.1) is 11.6 Å². The fourth-order valence-corrected chi connectivity index (χ4v) is 1.83. The molecular formula is C14H20ClNO4. The first-order valence-electron chi connectivity index (χ1n) is 6.33. The predicted molar refractivity (Wildman–Crippen MR) is 75.4 cm³/mol. The average Bonchev–Trinajstić information content (AvgIpc) is 2.59. The van der Waals surface area contributed by atoms with Crippen LogP contribution >= 0.6 is 11.6 Å². The van der Waals surface area contributed by atoms with Crippen LogP contribution in [0.3, 0.4) is 0 Å². The van der Waals surface area contributed by atoms with Gasteiger partial charge in [0.15, 0.2) is 0 Å². The van der Waals surface area contributed by atoms with Crippen LogP contribution in [0.25, 0.3) is 0 Å². The molecule has 1 saturated heterocycles. The van der Waals surface area contributed by atoms with Gasteiger partial charge in [0.1, 0.15) is 17.4 Å². The van der Waals surface area contributed by atoms with Crippen molar-refractivity contribution in [3.63, 3.8) is 0 Å². The second kappa shape index (κ2) is 6.02. The predicted octanol–water partition coefficient (Wildman–Crippen LogP) is 2.17. The first-order valence-corrected chi connectivity index (χ1v) is 6.87. The molecule has 1 heterocycles. The fourth-order valence-electron chi connectivity index (χ4n) is 1.76. The highest BCUT2D eigenvalue weighted by atomic mass is 35.5. The van der Waals surface area contributed by atoms with Gasteiger partial charge in [-0.2, -0.15) is 0 Å². The van der Waals surface area contributed by atoms with Gasteiger partial charge in [0.25, 0.3) is 0 Å². The van der Waals surface area contributed by atoms with E-state index in [1.54, 1.807) is 34.6 Å². The Balaban J connectivity index is 2.93. The largest absolute Gasteiger partial charge is 0.444 e. The zero-order chi connectivity index (χ0) is 15.6. The first kappa shape index (κ1) is 16.8. The molecule has 1 amide bonds. The standard InChI is InChI=1S/C14H20ClNO4/c1-13(2,3)20-12(18)16-10(6-7-11(17)8-15)9-19-14(16,4)5/h10H,8-9H2,1-5H3/t10-/m0/s1. The van der Waals surface area contributed by atoms with Gasteiger partial charge in [-0.3, -0.25) is 9.69 Å². The van der Waals surface area contributed by atoms with Crippen LogP contribution in [0.5, 0.6) is 0 Å². The van der Waals surface area contributed by atoms with Crippen molar-refractivity contribution in [2.45, 2.75) is 52.0 Å². The molecule has 0 aliphatic carbocycles. The van der Waals surface area contributed by atoms with Gasteiger partial charge in [-0.25, -0.2) is 4.79 Å². The molecule has 0 aromatic rings. The van der Waals surface area contributed by atoms with Gasteiger partial charge in [-0.1, -0.05) is 5.92 Å². The number of carbonyl (C=O) groups is 2. The Morgan fingerprint density at radius 3 is 2.55 bits per heavy atom. The summed E-state index contributed by atoms with van der Waals surface area (Å²) in [5.41, 5.74) is -1.44. The molecule has 1 fully saturated rings. The summed E-state index contributed by atoms with van der Waals surface area (Å²) in [5.74, 6) is 4.57. The van der Waals surface area contributed by atoms with Gasteiger partial charge < -0.3 is 9.47 Å². The first-order chi connectivity index (χ1) is 9.07. The molecular weight excluding hydrogens is 282 g/mol. The van der Waals surface area contributed by atoms with Crippen molar-refractivity contribution in [2.75, 3.05) is 12.5 Å². The number of carbonyl (C=O) groups excluding carboxylic acids is 2. The van der Waals surface area contributed by atoms with Crippen LogP contribution in [0, 0.1) is 11.8 Å². The average molecular weight is 302 g/mol. The third kappa shape index (κ3) is 4.39. The Kier molecular flexibility index (Phi) is 5.06. The van der Waals surface area contributed by atoms with E-state index in [2.05, 4.69) is 11.8 Å². The molecule has 112 valence electrons. The summed E-state index contributed by atoms with van der Waals surface area (Å²) in [6.07, 6.45) is -0.516. The summed E-state index contributed by atoms with van der Waals surface area (Å²) in [6, 6.07) is -0.521. The normalized spacial score (nSPS) is 21.1. The van der Waals surface area contributed by atoms with E-state index >= 15 is 0 Å². The zero-order valence-electron chi connectivity index (χ0n) is 12.4. The SMILES string of the molecule is CC(C)(C)OC(=O)N1[C@@H](C#CC(=O)CCl)COC1(C)C. The molecule has 0 saturated carbocycles. The topological polar surface area (TPSA) is 55.8 Å². The lowest BCUT2D eigenvalue weighted by atomic mass is 10.2. The smallest absolute Gasteiger partial charge is 0.413 e. The Morgan fingerprint density at radius 2 is 2.05 bits per heavy atom. The number of Topliss-reactive ketones (excluding diaryl/α,β-unsaturated/α-hetero) is 1. The number of nitrogens with zero attached hydrogens (tertiary/aromatic N) is 1. The second-order valence-corrected chi connectivity index (χ2v) is 6.22. The number of rotatable bonds is 1. The maximum Gasteiger partial charge on any atom is 0.413 e. The summed E-state index contributed by atoms with van der Waals surface area (Å²) < 4.78 is 10.9. The van der Waals surface area contributed by atoms with Crippen molar-refractivity contribution in [3.05, 3.63) is 0 Å². The summed E-state index contributed by atoms with van der Waals surface area (Å²) in [5, 5.41) is 0. The molecule has 1 aliphatic rings. The minimum atomic E-state index is -0.828. The number of amides is 1. The van der Waals surface area contributed by atoms with Crippen molar-refractivity contribution < 1.29 is 19.1 Å². The lowest BCUT2D eigenvalue weighted by Crippen LogP contribution is -2.49. The Bertz CT molecular complexity index is 456. The van der Waals surface area contributed by atoms with Crippen molar-refractivity contribution in [2.24, 2.45) is 0 Å². The minimum Gasteiger partial charge on any atom is -0.444 e. The molecule has 6 heteroatoms. The molecule has 0 aromatic heterocycles. The molecule has 1 atom stereocenters. The molecule has 0 N–H and O–H groups in total. The van der Waals surface area contributed by atoms with Crippen LogP contribution in [0.4, 0.5) is 4.79 Å². The van der Waals surface area contributed by atoms with Gasteiger partial charge in [0.2, 0.25) is 5.78 Å². The number of ether oxygens (including phenoxy) is 2. The number of alkyl halides is 1. The van der Waals surface area contributed by atoms with Crippen LogP contribution in [-0.2, 0) is 14.3 Å². The van der Waals surface area contributed by atoms with E-state index < -0.39 is 23.5 Å². The molecule has 1 rings (SSSR count). The summed E-state index contributed by atoms with van der Waals surface area (Å²) in [4.78, 5) is 24.8. The van der Waals surface area contributed by atoms with Gasteiger partial charge in [0.05, 0.1) is 12.5 Å². The lowest BCUT2D eigenvalue weighted by Gasteiger charge is -2.33. The highest BCUT2D eigenvalue weighted by molar-refractivity contribution is 6.30. The van der Waals surface area contributed by atoms with Crippen LogP contribution in [0.2, 0.25) is 0 Å². The highest BCUT2D eigenvalue weighted by Gasteiger charge is 2.45. The van der Waals surface area contributed by atoms with Gasteiger partial charge in [-0.05, 0) is 40.5 Å². The van der Waals surface area contributed by atoms with E-state index in [0.29, 0.717) is 0 Å². The number of hydrogen-bond acceptors (Lipinski definition) is 4. The monoisotopic (exact) mass is 301 g/mol. The third-order valence-electron chi connectivity index (χ3n) is 2.58. The van der Waals surface area contributed by atoms with Crippen LogP contribution in [-0.4, -0.2) is 46.6 Å². The van der Waals surface area contributed by atoms with Gasteiger partial charge in [0, 0.05) is 0 Å². The molecule has 0 unspecified atom stereocenters. The van der Waals surface area contributed by atoms with Crippen molar-refractivity contribution >= 4 is 23.5 Å². The van der Waals surface area contributed by atoms with E-state index in [1.165, 1.54) is 4.90 Å². The summed E-state index contributed by atoms with van der Waals surface area (Å²) >= 11 is 5.39. The minimum absolute atomic E-state index is 0.170. The molecule has 0 radical (unpaired) electrons. The third-order valence-corrected chi connectivity index (χ3v) is 2.82. The zero-order valence-corrected chi connectivity index (χ0v) is 13.2. The second-order valence-electron chi connectivity index (χ2n) is 5.95. The van der Waals surface area contributed by atoms with Crippen LogP contribution in [0.1, 0.15) is 34.6 Å². The number of halogens is 1. The van der Waals surface area contributed by atoms with Crippen LogP contribution < -0.4 is 0 Å². The van der Waals surface area contributed by atoms with Crippen LogP contribution in [0.15, 0.2) is 0 Å². The van der Waals surface area contributed by atoms with E-state index in [1.807, 2.05) is 0 Å². The van der Waals surface area contributed by atoms with Crippen molar-refractivity contribution in [3.8, 4) is 11.8 Å². The summed E-state index contributed by atoms with van der Waals surface area (Å²) in [7, 11) is 0. The molecule has 0 aromatic carbocycles. The Hall–Kier alpha value is -1.25. The van der Waals surface area contributed by atoms with E-state index in [0.717, 1.165) is 0 Å². The number of ketones is 1. The summed E-state index contributed by atoms with van der Waals surface area (Å²) in [6.45, 7) is 9.09. The fraction of sp³-hybridized carbons (Fsp3) is 0.714.